The number of rotatable bonds is 3. The van der Waals surface area contributed by atoms with Crippen molar-refractivity contribution in [3.05, 3.63) is 36.2 Å². The van der Waals surface area contributed by atoms with E-state index < -0.39 is 0 Å². The average Bonchev–Trinajstić information content (AvgIpc) is 2.35. The highest BCUT2D eigenvalue weighted by Crippen LogP contribution is 2.08. The van der Waals surface area contributed by atoms with Gasteiger partial charge in [0.15, 0.2) is 0 Å². The van der Waals surface area contributed by atoms with Gasteiger partial charge >= 0.3 is 0 Å². The van der Waals surface area contributed by atoms with Gasteiger partial charge < -0.3 is 10.4 Å². The predicted octanol–water partition coefficient (Wildman–Crippen LogP) is 0.352. The van der Waals surface area contributed by atoms with Crippen LogP contribution in [0.5, 0.6) is 0 Å². The third kappa shape index (κ3) is 2.14. The molecule has 5 heteroatoms. The highest BCUT2D eigenvalue weighted by molar-refractivity contribution is 5.93. The van der Waals surface area contributed by atoms with Crippen LogP contribution in [0, 0.1) is 0 Å². The fourth-order valence-electron chi connectivity index (χ4n) is 1.33. The van der Waals surface area contributed by atoms with Gasteiger partial charge in [0.1, 0.15) is 5.69 Å². The molecule has 0 atom stereocenters. The Hall–Kier alpha value is -2.01. The zero-order valence-corrected chi connectivity index (χ0v) is 8.55. The summed E-state index contributed by atoms with van der Waals surface area (Å²) in [7, 11) is 0. The van der Waals surface area contributed by atoms with Crippen LogP contribution in [0.15, 0.2) is 30.5 Å². The maximum Gasteiger partial charge on any atom is 0.271 e. The minimum Gasteiger partial charge on any atom is -0.395 e. The fraction of sp³-hybridized carbons (Fsp3) is 0.182. The summed E-state index contributed by atoms with van der Waals surface area (Å²) in [5.74, 6) is -0.327. The Balaban J connectivity index is 2.28. The minimum atomic E-state index is -0.327. The van der Waals surface area contributed by atoms with Gasteiger partial charge in [0.05, 0.1) is 23.8 Å². The SMILES string of the molecule is O=C(NCCO)c1cnc2ccccc2n1. The van der Waals surface area contributed by atoms with Gasteiger partial charge in [-0.1, -0.05) is 12.1 Å². The van der Waals surface area contributed by atoms with Crippen LogP contribution >= 0.6 is 0 Å². The van der Waals surface area contributed by atoms with Crippen molar-refractivity contribution in [2.24, 2.45) is 0 Å². The number of hydrogen-bond donors (Lipinski definition) is 2. The summed E-state index contributed by atoms with van der Waals surface area (Å²) in [5, 5.41) is 11.1. The van der Waals surface area contributed by atoms with Gasteiger partial charge in [0.2, 0.25) is 0 Å². The third-order valence-electron chi connectivity index (χ3n) is 2.08. The van der Waals surface area contributed by atoms with Crippen molar-refractivity contribution in [1.82, 2.24) is 15.3 Å². The molecule has 0 fully saturated rings. The number of hydrogen-bond acceptors (Lipinski definition) is 4. The lowest BCUT2D eigenvalue weighted by Crippen LogP contribution is -2.27. The van der Waals surface area contributed by atoms with E-state index in [1.54, 1.807) is 6.07 Å². The summed E-state index contributed by atoms with van der Waals surface area (Å²) < 4.78 is 0. The monoisotopic (exact) mass is 217 g/mol. The molecule has 0 spiro atoms. The lowest BCUT2D eigenvalue weighted by Gasteiger charge is -2.02. The van der Waals surface area contributed by atoms with Crippen molar-refractivity contribution in [2.75, 3.05) is 13.2 Å². The smallest absolute Gasteiger partial charge is 0.271 e. The molecule has 82 valence electrons. The van der Waals surface area contributed by atoms with Gasteiger partial charge in [0, 0.05) is 6.54 Å². The second-order valence-electron chi connectivity index (χ2n) is 3.22. The number of aliphatic hydroxyl groups is 1. The van der Waals surface area contributed by atoms with Gasteiger partial charge in [-0.25, -0.2) is 4.98 Å². The average molecular weight is 217 g/mol. The Bertz CT molecular complexity index is 513. The molecule has 0 bridgehead atoms. The topological polar surface area (TPSA) is 75.1 Å². The predicted molar refractivity (Wildman–Crippen MR) is 59.0 cm³/mol. The zero-order valence-electron chi connectivity index (χ0n) is 8.55. The van der Waals surface area contributed by atoms with Crippen molar-refractivity contribution in [3.8, 4) is 0 Å². The molecular weight excluding hydrogens is 206 g/mol. The van der Waals surface area contributed by atoms with E-state index in [2.05, 4.69) is 15.3 Å². The molecule has 1 aromatic heterocycles. The first-order valence-corrected chi connectivity index (χ1v) is 4.92. The van der Waals surface area contributed by atoms with Crippen LogP contribution in [0.2, 0.25) is 0 Å². The molecule has 0 aliphatic carbocycles. The fourth-order valence-corrected chi connectivity index (χ4v) is 1.33. The van der Waals surface area contributed by atoms with Crippen LogP contribution in [-0.4, -0.2) is 34.1 Å². The number of carbonyl (C=O) groups is 1. The number of nitrogens with one attached hydrogen (secondary N) is 1. The summed E-state index contributed by atoms with van der Waals surface area (Å²) in [6.45, 7) is 0.125. The normalized spacial score (nSPS) is 10.3. The summed E-state index contributed by atoms with van der Waals surface area (Å²) in [6.07, 6.45) is 1.43. The number of amides is 1. The van der Waals surface area contributed by atoms with E-state index in [0.717, 1.165) is 5.52 Å². The molecule has 0 unspecified atom stereocenters. The standard InChI is InChI=1S/C11H11N3O2/c15-6-5-12-11(16)10-7-13-8-3-1-2-4-9(8)14-10/h1-4,7,15H,5-6H2,(H,12,16). The first-order chi connectivity index (χ1) is 7.81. The van der Waals surface area contributed by atoms with Gasteiger partial charge in [0.25, 0.3) is 5.91 Å². The maximum atomic E-state index is 11.5. The quantitative estimate of drug-likeness (QED) is 0.778. The molecule has 16 heavy (non-hydrogen) atoms. The van der Waals surface area contributed by atoms with Gasteiger partial charge in [-0.15, -0.1) is 0 Å². The molecule has 1 amide bonds. The Morgan fingerprint density at radius 3 is 2.81 bits per heavy atom. The van der Waals surface area contributed by atoms with Crippen LogP contribution in [0.1, 0.15) is 10.5 Å². The van der Waals surface area contributed by atoms with Crippen LogP contribution < -0.4 is 5.32 Å². The Morgan fingerprint density at radius 2 is 2.06 bits per heavy atom. The van der Waals surface area contributed by atoms with E-state index in [1.165, 1.54) is 6.20 Å². The minimum absolute atomic E-state index is 0.0905. The summed E-state index contributed by atoms with van der Waals surface area (Å²) in [6, 6.07) is 7.33. The van der Waals surface area contributed by atoms with E-state index >= 15 is 0 Å². The summed E-state index contributed by atoms with van der Waals surface area (Å²) in [4.78, 5) is 19.8. The van der Waals surface area contributed by atoms with Crippen molar-refractivity contribution < 1.29 is 9.90 Å². The number of carbonyl (C=O) groups excluding carboxylic acids is 1. The Kier molecular flexibility index (Phi) is 3.07. The van der Waals surface area contributed by atoms with Crippen LogP contribution in [0.4, 0.5) is 0 Å². The van der Waals surface area contributed by atoms with Crippen molar-refractivity contribution >= 4 is 16.9 Å². The van der Waals surface area contributed by atoms with Gasteiger partial charge in [-0.3, -0.25) is 9.78 Å². The molecule has 0 radical (unpaired) electrons. The second-order valence-corrected chi connectivity index (χ2v) is 3.22. The third-order valence-corrected chi connectivity index (χ3v) is 2.08. The molecule has 2 aromatic rings. The Labute approximate surface area is 92.2 Å². The Morgan fingerprint density at radius 1 is 1.31 bits per heavy atom. The molecule has 0 aliphatic heterocycles. The first-order valence-electron chi connectivity index (χ1n) is 4.92. The van der Waals surface area contributed by atoms with Crippen LogP contribution in [0.3, 0.4) is 0 Å². The molecule has 0 saturated carbocycles. The largest absolute Gasteiger partial charge is 0.395 e. The highest BCUT2D eigenvalue weighted by atomic mass is 16.3. The second kappa shape index (κ2) is 4.67. The molecule has 0 saturated heterocycles. The number of aliphatic hydroxyl groups excluding tert-OH is 1. The number of fused-ring (bicyclic) bond motifs is 1. The molecular formula is C11H11N3O2. The molecule has 2 rings (SSSR count). The van der Waals surface area contributed by atoms with E-state index in [9.17, 15) is 4.79 Å². The van der Waals surface area contributed by atoms with Gasteiger partial charge in [-0.2, -0.15) is 0 Å². The van der Waals surface area contributed by atoms with Gasteiger partial charge in [-0.05, 0) is 12.1 Å². The highest BCUT2D eigenvalue weighted by Gasteiger charge is 2.07. The first kappa shape index (κ1) is 10.5. The van der Waals surface area contributed by atoms with E-state index in [0.29, 0.717) is 5.52 Å². The summed E-state index contributed by atoms with van der Waals surface area (Å²) in [5.41, 5.74) is 1.69. The lowest BCUT2D eigenvalue weighted by molar-refractivity contribution is 0.0940. The molecule has 0 aliphatic rings. The number of nitrogens with zero attached hydrogens (tertiary/aromatic N) is 2. The number of benzene rings is 1. The van der Waals surface area contributed by atoms with E-state index in [4.69, 9.17) is 5.11 Å². The van der Waals surface area contributed by atoms with Crippen LogP contribution in [0.25, 0.3) is 11.0 Å². The van der Waals surface area contributed by atoms with Crippen LogP contribution in [-0.2, 0) is 0 Å². The number of para-hydroxylation sites is 2. The zero-order chi connectivity index (χ0) is 11.4. The molecule has 1 heterocycles. The van der Waals surface area contributed by atoms with E-state index in [1.807, 2.05) is 18.2 Å². The maximum absolute atomic E-state index is 11.5. The van der Waals surface area contributed by atoms with Crippen molar-refractivity contribution in [3.63, 3.8) is 0 Å². The number of aromatic nitrogens is 2. The molecule has 2 N–H and O–H groups in total. The van der Waals surface area contributed by atoms with Crippen molar-refractivity contribution in [1.29, 1.82) is 0 Å². The molecule has 5 nitrogen and oxygen atoms in total. The lowest BCUT2D eigenvalue weighted by atomic mass is 10.3. The van der Waals surface area contributed by atoms with E-state index in [-0.39, 0.29) is 24.8 Å². The molecule has 1 aromatic carbocycles. The van der Waals surface area contributed by atoms with Crippen molar-refractivity contribution in [2.45, 2.75) is 0 Å². The summed E-state index contributed by atoms with van der Waals surface area (Å²) >= 11 is 0.